The van der Waals surface area contributed by atoms with E-state index in [0.29, 0.717) is 19.4 Å². The third-order valence-corrected chi connectivity index (χ3v) is 3.48. The Hall–Kier alpha value is -1.42. The maximum absolute atomic E-state index is 11.7. The van der Waals surface area contributed by atoms with Crippen LogP contribution in [0, 0.1) is 0 Å². The van der Waals surface area contributed by atoms with E-state index in [0.717, 1.165) is 31.4 Å². The molecule has 2 rings (SSSR count). The third-order valence-electron chi connectivity index (χ3n) is 3.48. The smallest absolute Gasteiger partial charge is 0.220 e. The Kier molecular flexibility index (Phi) is 4.31. The molecule has 1 aliphatic carbocycles. The normalized spacial score (nSPS) is 17.6. The SMILES string of the molecule is O=C(CCc1ccccn1)NCC1(O)CCCC1. The second-order valence-electron chi connectivity index (χ2n) is 5.03. The average molecular weight is 248 g/mol. The predicted octanol–water partition coefficient (Wildman–Crippen LogP) is 1.44. The summed E-state index contributed by atoms with van der Waals surface area (Å²) in [6.45, 7) is 0.383. The molecule has 0 saturated heterocycles. The fraction of sp³-hybridized carbons (Fsp3) is 0.571. The molecule has 1 saturated carbocycles. The van der Waals surface area contributed by atoms with Crippen LogP contribution in [0.15, 0.2) is 24.4 Å². The van der Waals surface area contributed by atoms with E-state index in [2.05, 4.69) is 10.3 Å². The summed E-state index contributed by atoms with van der Waals surface area (Å²) in [5.74, 6) is -0.0130. The number of aliphatic hydroxyl groups is 1. The molecule has 1 aromatic heterocycles. The first kappa shape index (κ1) is 13.0. The number of carbonyl (C=O) groups excluding carboxylic acids is 1. The van der Waals surface area contributed by atoms with Crippen molar-refractivity contribution in [3.05, 3.63) is 30.1 Å². The third kappa shape index (κ3) is 3.81. The maximum atomic E-state index is 11.7. The minimum Gasteiger partial charge on any atom is -0.388 e. The summed E-state index contributed by atoms with van der Waals surface area (Å²) in [6.07, 6.45) is 6.51. The molecule has 0 atom stereocenters. The number of nitrogens with one attached hydrogen (secondary N) is 1. The number of nitrogens with zero attached hydrogens (tertiary/aromatic N) is 1. The molecular weight excluding hydrogens is 228 g/mol. The van der Waals surface area contributed by atoms with E-state index in [1.807, 2.05) is 18.2 Å². The molecule has 4 nitrogen and oxygen atoms in total. The Labute approximate surface area is 107 Å². The molecular formula is C14H20N2O2. The molecule has 0 radical (unpaired) electrons. The van der Waals surface area contributed by atoms with Gasteiger partial charge >= 0.3 is 0 Å². The lowest BCUT2D eigenvalue weighted by Gasteiger charge is -2.22. The Morgan fingerprint density at radius 2 is 2.17 bits per heavy atom. The standard InChI is InChI=1S/C14H20N2O2/c17-13(7-6-12-5-1-4-10-15-12)16-11-14(18)8-2-3-9-14/h1,4-5,10,18H,2-3,6-9,11H2,(H,16,17). The number of pyridine rings is 1. The van der Waals surface area contributed by atoms with Crippen molar-refractivity contribution in [1.82, 2.24) is 10.3 Å². The first-order chi connectivity index (χ1) is 8.68. The fourth-order valence-electron chi connectivity index (χ4n) is 2.35. The summed E-state index contributed by atoms with van der Waals surface area (Å²) in [5.41, 5.74) is 0.257. The Morgan fingerprint density at radius 1 is 1.39 bits per heavy atom. The minimum absolute atomic E-state index is 0.0130. The first-order valence-corrected chi connectivity index (χ1v) is 6.57. The number of carbonyl (C=O) groups is 1. The van der Waals surface area contributed by atoms with Crippen LogP contribution in [-0.4, -0.2) is 28.1 Å². The quantitative estimate of drug-likeness (QED) is 0.828. The van der Waals surface area contributed by atoms with Crippen LogP contribution in [0.25, 0.3) is 0 Å². The van der Waals surface area contributed by atoms with Crippen LogP contribution in [0.4, 0.5) is 0 Å². The van der Waals surface area contributed by atoms with Crippen molar-refractivity contribution < 1.29 is 9.90 Å². The van der Waals surface area contributed by atoms with Crippen LogP contribution >= 0.6 is 0 Å². The highest BCUT2D eigenvalue weighted by Gasteiger charge is 2.31. The zero-order chi connectivity index (χ0) is 12.8. The Bertz CT molecular complexity index is 386. The summed E-state index contributed by atoms with van der Waals surface area (Å²) in [6, 6.07) is 5.69. The number of aryl methyl sites for hydroxylation is 1. The summed E-state index contributed by atoms with van der Waals surface area (Å²) in [4.78, 5) is 15.8. The number of aromatic nitrogens is 1. The van der Waals surface area contributed by atoms with E-state index in [1.54, 1.807) is 6.20 Å². The molecule has 1 fully saturated rings. The number of hydrogen-bond acceptors (Lipinski definition) is 3. The van der Waals surface area contributed by atoms with Gasteiger partial charge in [-0.2, -0.15) is 0 Å². The second kappa shape index (κ2) is 5.96. The summed E-state index contributed by atoms with van der Waals surface area (Å²) in [5, 5.41) is 12.9. The van der Waals surface area contributed by atoms with Gasteiger partial charge in [-0.3, -0.25) is 9.78 Å². The van der Waals surface area contributed by atoms with E-state index in [9.17, 15) is 9.90 Å². The molecule has 1 amide bonds. The molecule has 1 heterocycles. The second-order valence-corrected chi connectivity index (χ2v) is 5.03. The Balaban J connectivity index is 1.69. The number of hydrogen-bond donors (Lipinski definition) is 2. The van der Waals surface area contributed by atoms with E-state index in [1.165, 1.54) is 0 Å². The highest BCUT2D eigenvalue weighted by atomic mass is 16.3. The van der Waals surface area contributed by atoms with Crippen molar-refractivity contribution >= 4 is 5.91 Å². The van der Waals surface area contributed by atoms with Crippen LogP contribution in [0.3, 0.4) is 0 Å². The number of rotatable bonds is 5. The zero-order valence-corrected chi connectivity index (χ0v) is 10.6. The Morgan fingerprint density at radius 3 is 2.83 bits per heavy atom. The highest BCUT2D eigenvalue weighted by Crippen LogP contribution is 2.28. The van der Waals surface area contributed by atoms with Gasteiger partial charge in [0.25, 0.3) is 0 Å². The molecule has 0 bridgehead atoms. The van der Waals surface area contributed by atoms with Gasteiger partial charge in [-0.15, -0.1) is 0 Å². The van der Waals surface area contributed by atoms with Crippen LogP contribution in [0.2, 0.25) is 0 Å². The van der Waals surface area contributed by atoms with E-state index >= 15 is 0 Å². The molecule has 1 aromatic rings. The number of amides is 1. The fourth-order valence-corrected chi connectivity index (χ4v) is 2.35. The monoisotopic (exact) mass is 248 g/mol. The molecule has 4 heteroatoms. The summed E-state index contributed by atoms with van der Waals surface area (Å²) < 4.78 is 0. The zero-order valence-electron chi connectivity index (χ0n) is 10.6. The lowest BCUT2D eigenvalue weighted by Crippen LogP contribution is -2.40. The summed E-state index contributed by atoms with van der Waals surface area (Å²) in [7, 11) is 0. The maximum Gasteiger partial charge on any atom is 0.220 e. The molecule has 0 unspecified atom stereocenters. The van der Waals surface area contributed by atoms with Gasteiger partial charge in [0.05, 0.1) is 5.60 Å². The molecule has 0 aliphatic heterocycles. The molecule has 0 aromatic carbocycles. The predicted molar refractivity (Wildman–Crippen MR) is 69.0 cm³/mol. The van der Waals surface area contributed by atoms with Gasteiger partial charge < -0.3 is 10.4 Å². The van der Waals surface area contributed by atoms with Crippen LogP contribution in [-0.2, 0) is 11.2 Å². The van der Waals surface area contributed by atoms with Gasteiger partial charge in [-0.1, -0.05) is 18.9 Å². The lowest BCUT2D eigenvalue weighted by molar-refractivity contribution is -0.122. The van der Waals surface area contributed by atoms with Crippen molar-refractivity contribution in [2.75, 3.05) is 6.54 Å². The van der Waals surface area contributed by atoms with E-state index in [4.69, 9.17) is 0 Å². The van der Waals surface area contributed by atoms with Crippen LogP contribution in [0.1, 0.15) is 37.8 Å². The molecule has 18 heavy (non-hydrogen) atoms. The highest BCUT2D eigenvalue weighted by molar-refractivity contribution is 5.76. The van der Waals surface area contributed by atoms with Gasteiger partial charge in [-0.25, -0.2) is 0 Å². The van der Waals surface area contributed by atoms with E-state index < -0.39 is 5.60 Å². The minimum atomic E-state index is -0.666. The van der Waals surface area contributed by atoms with Crippen LogP contribution in [0.5, 0.6) is 0 Å². The van der Waals surface area contributed by atoms with E-state index in [-0.39, 0.29) is 5.91 Å². The summed E-state index contributed by atoms with van der Waals surface area (Å²) >= 11 is 0. The van der Waals surface area contributed by atoms with Gasteiger partial charge in [0.15, 0.2) is 0 Å². The van der Waals surface area contributed by atoms with Crippen molar-refractivity contribution in [2.45, 2.75) is 44.1 Å². The molecule has 1 aliphatic rings. The van der Waals surface area contributed by atoms with Crippen molar-refractivity contribution in [1.29, 1.82) is 0 Å². The molecule has 2 N–H and O–H groups in total. The molecule has 0 spiro atoms. The van der Waals surface area contributed by atoms with Crippen molar-refractivity contribution in [3.8, 4) is 0 Å². The van der Waals surface area contributed by atoms with Crippen molar-refractivity contribution in [2.24, 2.45) is 0 Å². The van der Waals surface area contributed by atoms with Crippen molar-refractivity contribution in [3.63, 3.8) is 0 Å². The molecule has 98 valence electrons. The van der Waals surface area contributed by atoms with Gasteiger partial charge in [0.1, 0.15) is 0 Å². The lowest BCUT2D eigenvalue weighted by atomic mass is 10.0. The first-order valence-electron chi connectivity index (χ1n) is 6.57. The topological polar surface area (TPSA) is 62.2 Å². The largest absolute Gasteiger partial charge is 0.388 e. The van der Waals surface area contributed by atoms with Gasteiger partial charge in [-0.05, 0) is 31.4 Å². The van der Waals surface area contributed by atoms with Gasteiger partial charge in [0, 0.05) is 24.9 Å². The average Bonchev–Trinajstić information content (AvgIpc) is 2.83. The van der Waals surface area contributed by atoms with Gasteiger partial charge in [0.2, 0.25) is 5.91 Å². The van der Waals surface area contributed by atoms with Crippen LogP contribution < -0.4 is 5.32 Å².